The van der Waals surface area contributed by atoms with E-state index < -0.39 is 0 Å². The summed E-state index contributed by atoms with van der Waals surface area (Å²) in [6.45, 7) is 6.46. The quantitative estimate of drug-likeness (QED) is 0.798. The smallest absolute Gasteiger partial charge is 0.138 e. The number of hydrogen-bond donors (Lipinski definition) is 1. The first-order valence-corrected chi connectivity index (χ1v) is 8.74. The van der Waals surface area contributed by atoms with Crippen LogP contribution in [-0.4, -0.2) is 28.4 Å². The Morgan fingerprint density at radius 2 is 2.10 bits per heavy atom. The monoisotopic (exact) mass is 292 g/mol. The minimum absolute atomic E-state index is 0.386. The first kappa shape index (κ1) is 16.5. The predicted molar refractivity (Wildman–Crippen MR) is 87.2 cm³/mol. The molecule has 0 atom stereocenters. The van der Waals surface area contributed by atoms with Crippen LogP contribution in [0.15, 0.2) is 6.33 Å². The summed E-state index contributed by atoms with van der Waals surface area (Å²) in [7, 11) is 2.08. The van der Waals surface area contributed by atoms with Gasteiger partial charge in [-0.2, -0.15) is 5.10 Å². The van der Waals surface area contributed by atoms with Crippen molar-refractivity contribution in [1.29, 1.82) is 0 Å². The molecule has 21 heavy (non-hydrogen) atoms. The summed E-state index contributed by atoms with van der Waals surface area (Å²) in [6, 6.07) is 0. The number of hydrogen-bond acceptors (Lipinski definition) is 3. The Labute approximate surface area is 129 Å². The van der Waals surface area contributed by atoms with Crippen LogP contribution in [0.3, 0.4) is 0 Å². The fourth-order valence-electron chi connectivity index (χ4n) is 3.89. The molecule has 1 N–H and O–H groups in total. The maximum absolute atomic E-state index is 4.50. The van der Waals surface area contributed by atoms with E-state index in [1.54, 1.807) is 6.33 Å². The van der Waals surface area contributed by atoms with E-state index in [1.807, 2.05) is 0 Å². The van der Waals surface area contributed by atoms with Crippen molar-refractivity contribution < 1.29 is 0 Å². The Kier molecular flexibility index (Phi) is 6.22. The summed E-state index contributed by atoms with van der Waals surface area (Å²) in [5, 5.41) is 7.76. The zero-order valence-electron chi connectivity index (χ0n) is 14.1. The highest BCUT2D eigenvalue weighted by atomic mass is 15.3. The molecule has 0 unspecified atom stereocenters. The van der Waals surface area contributed by atoms with E-state index in [4.69, 9.17) is 0 Å². The maximum Gasteiger partial charge on any atom is 0.138 e. The molecule has 0 spiro atoms. The summed E-state index contributed by atoms with van der Waals surface area (Å²) in [5.74, 6) is 2.12. The van der Waals surface area contributed by atoms with Crippen molar-refractivity contribution in [2.24, 2.45) is 11.3 Å². The average molecular weight is 292 g/mol. The van der Waals surface area contributed by atoms with Crippen LogP contribution in [0.2, 0.25) is 0 Å². The molecule has 0 radical (unpaired) electrons. The van der Waals surface area contributed by atoms with Crippen molar-refractivity contribution in [3.63, 3.8) is 0 Å². The van der Waals surface area contributed by atoms with Gasteiger partial charge in [0, 0.05) is 19.5 Å². The van der Waals surface area contributed by atoms with Crippen LogP contribution < -0.4 is 5.32 Å². The third-order valence-electron chi connectivity index (χ3n) is 5.21. The van der Waals surface area contributed by atoms with Crippen molar-refractivity contribution in [2.75, 3.05) is 13.6 Å². The lowest BCUT2D eigenvalue weighted by molar-refractivity contribution is 0.137. The largest absolute Gasteiger partial charge is 0.319 e. The molecule has 0 aromatic carbocycles. The SMILES string of the molecule is CCCCC1CCC(CNC)(Cc2ncnn2CC)CC1. The molecular weight excluding hydrogens is 260 g/mol. The van der Waals surface area contributed by atoms with Gasteiger partial charge in [0.1, 0.15) is 12.2 Å². The molecule has 1 saturated carbocycles. The molecule has 0 aliphatic heterocycles. The number of aryl methyl sites for hydroxylation is 1. The summed E-state index contributed by atoms with van der Waals surface area (Å²) < 4.78 is 2.06. The fraction of sp³-hybridized carbons (Fsp3) is 0.882. The van der Waals surface area contributed by atoms with Crippen LogP contribution in [-0.2, 0) is 13.0 Å². The van der Waals surface area contributed by atoms with E-state index in [2.05, 4.69) is 41.0 Å². The Balaban J connectivity index is 1.98. The molecule has 0 bridgehead atoms. The lowest BCUT2D eigenvalue weighted by atomic mass is 9.67. The number of unbranched alkanes of at least 4 members (excludes halogenated alkanes) is 1. The van der Waals surface area contributed by atoms with Crippen molar-refractivity contribution in [3.8, 4) is 0 Å². The molecule has 1 aliphatic carbocycles. The van der Waals surface area contributed by atoms with Crippen LogP contribution in [0.5, 0.6) is 0 Å². The zero-order valence-corrected chi connectivity index (χ0v) is 14.1. The second-order valence-corrected chi connectivity index (χ2v) is 6.78. The first-order chi connectivity index (χ1) is 10.2. The van der Waals surface area contributed by atoms with Gasteiger partial charge >= 0.3 is 0 Å². The highest BCUT2D eigenvalue weighted by molar-refractivity contribution is 4.97. The van der Waals surface area contributed by atoms with Gasteiger partial charge in [0.2, 0.25) is 0 Å². The summed E-state index contributed by atoms with van der Waals surface area (Å²) in [4.78, 5) is 4.50. The van der Waals surface area contributed by atoms with E-state index in [0.29, 0.717) is 5.41 Å². The molecule has 1 fully saturated rings. The van der Waals surface area contributed by atoms with Gasteiger partial charge in [0.05, 0.1) is 0 Å². The van der Waals surface area contributed by atoms with Gasteiger partial charge < -0.3 is 5.32 Å². The van der Waals surface area contributed by atoms with Crippen molar-refractivity contribution in [2.45, 2.75) is 71.8 Å². The minimum Gasteiger partial charge on any atom is -0.319 e. The van der Waals surface area contributed by atoms with Gasteiger partial charge in [0.25, 0.3) is 0 Å². The Bertz CT molecular complexity index is 405. The predicted octanol–water partition coefficient (Wildman–Crippen LogP) is 3.43. The van der Waals surface area contributed by atoms with Crippen LogP contribution in [0.25, 0.3) is 0 Å². The fourth-order valence-corrected chi connectivity index (χ4v) is 3.89. The molecule has 1 aliphatic rings. The second-order valence-electron chi connectivity index (χ2n) is 6.78. The number of nitrogens with one attached hydrogen (secondary N) is 1. The Morgan fingerprint density at radius 1 is 1.33 bits per heavy atom. The molecule has 1 aromatic rings. The summed E-state index contributed by atoms with van der Waals surface area (Å²) in [6.07, 6.45) is 12.4. The molecule has 0 saturated heterocycles. The van der Waals surface area contributed by atoms with Crippen LogP contribution in [0.1, 0.15) is 64.6 Å². The molecule has 1 heterocycles. The molecule has 0 amide bonds. The first-order valence-electron chi connectivity index (χ1n) is 8.74. The lowest BCUT2D eigenvalue weighted by Gasteiger charge is -2.40. The van der Waals surface area contributed by atoms with Crippen LogP contribution in [0, 0.1) is 11.3 Å². The van der Waals surface area contributed by atoms with Crippen molar-refractivity contribution in [1.82, 2.24) is 20.1 Å². The second kappa shape index (κ2) is 7.92. The average Bonchev–Trinajstić information content (AvgIpc) is 2.94. The highest BCUT2D eigenvalue weighted by Gasteiger charge is 2.35. The van der Waals surface area contributed by atoms with Gasteiger partial charge in [-0.15, -0.1) is 0 Å². The van der Waals surface area contributed by atoms with Crippen LogP contribution in [0.4, 0.5) is 0 Å². The zero-order chi connectivity index (χ0) is 15.1. The van der Waals surface area contributed by atoms with E-state index in [9.17, 15) is 0 Å². The molecule has 1 aromatic heterocycles. The van der Waals surface area contributed by atoms with Gasteiger partial charge in [-0.05, 0) is 51.0 Å². The highest BCUT2D eigenvalue weighted by Crippen LogP contribution is 2.42. The minimum atomic E-state index is 0.386. The third kappa shape index (κ3) is 4.29. The summed E-state index contributed by atoms with van der Waals surface area (Å²) in [5.41, 5.74) is 0.386. The standard InChI is InChI=1S/C17H32N4/c1-4-6-7-15-8-10-17(11-9-15,13-18-3)12-16-19-14-20-21(16)5-2/h14-15,18H,4-13H2,1-3H3. The Morgan fingerprint density at radius 3 is 2.71 bits per heavy atom. The van der Waals surface area contributed by atoms with Gasteiger partial charge in [0.15, 0.2) is 0 Å². The number of rotatable bonds is 8. The number of aromatic nitrogens is 3. The van der Waals surface area contributed by atoms with E-state index >= 15 is 0 Å². The lowest BCUT2D eigenvalue weighted by Crippen LogP contribution is -2.39. The number of nitrogens with zero attached hydrogens (tertiary/aromatic N) is 3. The van der Waals surface area contributed by atoms with Gasteiger partial charge in [-0.25, -0.2) is 4.98 Å². The van der Waals surface area contributed by atoms with Gasteiger partial charge in [-0.3, -0.25) is 4.68 Å². The van der Waals surface area contributed by atoms with Crippen LogP contribution >= 0.6 is 0 Å². The van der Waals surface area contributed by atoms with E-state index in [0.717, 1.165) is 25.4 Å². The summed E-state index contributed by atoms with van der Waals surface area (Å²) >= 11 is 0. The third-order valence-corrected chi connectivity index (χ3v) is 5.21. The topological polar surface area (TPSA) is 42.7 Å². The normalized spacial score (nSPS) is 26.1. The van der Waals surface area contributed by atoms with E-state index in [1.165, 1.54) is 50.8 Å². The van der Waals surface area contributed by atoms with Gasteiger partial charge in [-0.1, -0.05) is 26.2 Å². The molecule has 120 valence electrons. The van der Waals surface area contributed by atoms with Crippen molar-refractivity contribution in [3.05, 3.63) is 12.2 Å². The molecule has 4 heteroatoms. The van der Waals surface area contributed by atoms with E-state index in [-0.39, 0.29) is 0 Å². The van der Waals surface area contributed by atoms with Crippen molar-refractivity contribution >= 4 is 0 Å². The Hall–Kier alpha value is -0.900. The molecule has 2 rings (SSSR count). The molecular formula is C17H32N4. The molecule has 4 nitrogen and oxygen atoms in total. The maximum atomic E-state index is 4.50.